The van der Waals surface area contributed by atoms with Gasteiger partial charge in [0.2, 0.25) is 0 Å². The summed E-state index contributed by atoms with van der Waals surface area (Å²) in [6, 6.07) is 1.40. The number of ether oxygens (including phenoxy) is 1. The number of rotatable bonds is 6. The minimum Gasteiger partial charge on any atom is -0.464 e. The number of pyridine rings is 1. The van der Waals surface area contributed by atoms with Gasteiger partial charge in [-0.2, -0.15) is 0 Å². The standard InChI is InChI=1S/C15H18N4O7S/c1-2-26-14(21)15(5-3-9(20)7-15)17-12-10-4-6-18(27(24)25)13(10)16-8-11(12)19(22)23/h4,6,8-9,20H,2-3,5,7H2,1H3,(H,16,17)(H,24,25). The lowest BCUT2D eigenvalue weighted by Crippen LogP contribution is -2.46. The van der Waals surface area contributed by atoms with E-state index in [2.05, 4.69) is 10.3 Å². The Kier molecular flexibility index (Phi) is 5.13. The number of aromatic nitrogens is 2. The zero-order valence-corrected chi connectivity index (χ0v) is 15.1. The first-order valence-corrected chi connectivity index (χ1v) is 9.24. The molecule has 0 amide bonds. The molecule has 3 atom stereocenters. The van der Waals surface area contributed by atoms with Gasteiger partial charge in [-0.3, -0.25) is 14.7 Å². The van der Waals surface area contributed by atoms with E-state index in [-0.39, 0.29) is 36.2 Å². The van der Waals surface area contributed by atoms with Gasteiger partial charge in [-0.25, -0.2) is 18.0 Å². The van der Waals surface area contributed by atoms with Crippen LogP contribution in [0.2, 0.25) is 0 Å². The van der Waals surface area contributed by atoms with E-state index >= 15 is 0 Å². The number of hydrogen-bond donors (Lipinski definition) is 3. The monoisotopic (exact) mass is 398 g/mol. The second kappa shape index (κ2) is 7.21. The fourth-order valence-electron chi connectivity index (χ4n) is 3.33. The molecule has 2 aromatic heterocycles. The van der Waals surface area contributed by atoms with E-state index in [1.807, 2.05) is 0 Å². The Bertz CT molecular complexity index is 930. The first kappa shape index (κ1) is 19.2. The number of fused-ring (bicyclic) bond motifs is 1. The van der Waals surface area contributed by atoms with Gasteiger partial charge in [0.15, 0.2) is 5.65 Å². The molecule has 0 aromatic carbocycles. The van der Waals surface area contributed by atoms with Crippen molar-refractivity contribution in [2.24, 2.45) is 0 Å². The Morgan fingerprint density at radius 3 is 2.93 bits per heavy atom. The third-order valence-electron chi connectivity index (χ3n) is 4.54. The van der Waals surface area contributed by atoms with Gasteiger partial charge in [0.25, 0.3) is 11.3 Å². The number of aliphatic hydroxyl groups is 1. The Morgan fingerprint density at radius 2 is 2.37 bits per heavy atom. The van der Waals surface area contributed by atoms with Crippen LogP contribution in [-0.4, -0.2) is 52.0 Å². The van der Waals surface area contributed by atoms with Crippen LogP contribution in [-0.2, 0) is 20.8 Å². The number of carbonyl (C=O) groups is 1. The molecule has 2 aromatic rings. The van der Waals surface area contributed by atoms with Gasteiger partial charge in [-0.1, -0.05) is 0 Å². The number of aliphatic hydroxyl groups excluding tert-OH is 1. The summed E-state index contributed by atoms with van der Waals surface area (Å²) < 4.78 is 26.8. The average Bonchev–Trinajstić information content (AvgIpc) is 3.20. The number of esters is 1. The molecule has 0 bridgehead atoms. The van der Waals surface area contributed by atoms with Gasteiger partial charge < -0.3 is 15.2 Å². The maximum atomic E-state index is 12.6. The minimum atomic E-state index is -2.40. The van der Waals surface area contributed by atoms with Crippen molar-refractivity contribution in [2.75, 3.05) is 11.9 Å². The number of anilines is 1. The van der Waals surface area contributed by atoms with Crippen LogP contribution in [0, 0.1) is 10.1 Å². The minimum absolute atomic E-state index is 0.0173. The van der Waals surface area contributed by atoms with Crippen molar-refractivity contribution in [3.05, 3.63) is 28.6 Å². The maximum Gasteiger partial charge on any atom is 0.331 e. The first-order chi connectivity index (χ1) is 12.8. The van der Waals surface area contributed by atoms with Crippen LogP contribution in [0.4, 0.5) is 11.4 Å². The topological polar surface area (TPSA) is 157 Å². The third-order valence-corrected chi connectivity index (χ3v) is 5.18. The van der Waals surface area contributed by atoms with Gasteiger partial charge in [0.1, 0.15) is 17.4 Å². The van der Waals surface area contributed by atoms with E-state index < -0.39 is 39.5 Å². The van der Waals surface area contributed by atoms with E-state index in [4.69, 9.17) is 4.74 Å². The van der Waals surface area contributed by atoms with Gasteiger partial charge in [0, 0.05) is 12.6 Å². The highest BCUT2D eigenvalue weighted by Gasteiger charge is 2.47. The number of hydrogen-bond acceptors (Lipinski definition) is 8. The lowest BCUT2D eigenvalue weighted by molar-refractivity contribution is -0.384. The Balaban J connectivity index is 2.16. The van der Waals surface area contributed by atoms with Crippen LogP contribution in [0.15, 0.2) is 18.5 Å². The van der Waals surface area contributed by atoms with Crippen molar-refractivity contribution < 1.29 is 28.3 Å². The van der Waals surface area contributed by atoms with Gasteiger partial charge >= 0.3 is 11.7 Å². The smallest absolute Gasteiger partial charge is 0.331 e. The van der Waals surface area contributed by atoms with Crippen LogP contribution >= 0.6 is 0 Å². The molecule has 11 nitrogen and oxygen atoms in total. The van der Waals surface area contributed by atoms with Crippen molar-refractivity contribution in [1.82, 2.24) is 8.96 Å². The van der Waals surface area contributed by atoms with Crippen LogP contribution in [0.3, 0.4) is 0 Å². The first-order valence-electron chi connectivity index (χ1n) is 8.18. The molecule has 12 heteroatoms. The number of nitrogens with zero attached hydrogens (tertiary/aromatic N) is 3. The van der Waals surface area contributed by atoms with Crippen LogP contribution in [0.1, 0.15) is 26.2 Å². The molecule has 27 heavy (non-hydrogen) atoms. The molecule has 1 aliphatic rings. The van der Waals surface area contributed by atoms with Crippen LogP contribution in [0.5, 0.6) is 0 Å². The molecular formula is C15H18N4O7S. The van der Waals surface area contributed by atoms with Gasteiger partial charge in [-0.05, 0) is 25.8 Å². The SMILES string of the molecule is CCOC(=O)C1(Nc2c([N+](=O)[O-])cnc3c2ccn3S(=O)O)CCC(O)C1. The fourth-order valence-corrected chi connectivity index (χ4v) is 3.78. The summed E-state index contributed by atoms with van der Waals surface area (Å²) in [6.45, 7) is 1.76. The molecule has 3 rings (SSSR count). The van der Waals surface area contributed by atoms with Crippen molar-refractivity contribution in [1.29, 1.82) is 0 Å². The molecule has 0 aliphatic heterocycles. The number of nitro groups is 1. The molecule has 2 heterocycles. The van der Waals surface area contributed by atoms with Crippen molar-refractivity contribution in [3.63, 3.8) is 0 Å². The molecule has 1 saturated carbocycles. The molecule has 146 valence electrons. The van der Waals surface area contributed by atoms with E-state index in [1.165, 1.54) is 12.3 Å². The van der Waals surface area contributed by atoms with E-state index in [1.54, 1.807) is 6.92 Å². The summed E-state index contributed by atoms with van der Waals surface area (Å²) in [4.78, 5) is 27.3. The summed E-state index contributed by atoms with van der Waals surface area (Å²) >= 11 is -2.40. The van der Waals surface area contributed by atoms with Crippen LogP contribution < -0.4 is 5.32 Å². The second-order valence-electron chi connectivity index (χ2n) is 6.21. The van der Waals surface area contributed by atoms with Crippen molar-refractivity contribution in [2.45, 2.75) is 37.8 Å². The Hall–Kier alpha value is -2.57. The predicted octanol–water partition coefficient (Wildman–Crippen LogP) is 1.19. The van der Waals surface area contributed by atoms with Crippen LogP contribution in [0.25, 0.3) is 11.0 Å². The average molecular weight is 398 g/mol. The molecule has 1 fully saturated rings. The highest BCUT2D eigenvalue weighted by molar-refractivity contribution is 7.77. The molecule has 1 aliphatic carbocycles. The quantitative estimate of drug-likeness (QED) is 0.281. The van der Waals surface area contributed by atoms with E-state index in [0.29, 0.717) is 6.42 Å². The van der Waals surface area contributed by atoms with Crippen molar-refractivity contribution in [3.8, 4) is 0 Å². The summed E-state index contributed by atoms with van der Waals surface area (Å²) in [5.74, 6) is -0.619. The molecule has 3 unspecified atom stereocenters. The highest BCUT2D eigenvalue weighted by Crippen LogP contribution is 2.40. The zero-order valence-electron chi connectivity index (χ0n) is 14.3. The largest absolute Gasteiger partial charge is 0.464 e. The predicted molar refractivity (Wildman–Crippen MR) is 95.4 cm³/mol. The summed E-state index contributed by atoms with van der Waals surface area (Å²) in [7, 11) is 0. The summed E-state index contributed by atoms with van der Waals surface area (Å²) in [5.41, 5.74) is -1.71. The fraction of sp³-hybridized carbons (Fsp3) is 0.467. The number of carbonyl (C=O) groups excluding carboxylic acids is 1. The highest BCUT2D eigenvalue weighted by atomic mass is 32.2. The lowest BCUT2D eigenvalue weighted by atomic mass is 9.96. The zero-order chi connectivity index (χ0) is 19.8. The molecular weight excluding hydrogens is 380 g/mol. The normalized spacial score (nSPS) is 23.3. The van der Waals surface area contributed by atoms with E-state index in [0.717, 1.165) is 10.2 Å². The van der Waals surface area contributed by atoms with E-state index in [9.17, 15) is 28.8 Å². The Labute approximate surface area is 155 Å². The molecule has 3 N–H and O–H groups in total. The molecule has 0 radical (unpaired) electrons. The van der Waals surface area contributed by atoms with Gasteiger partial charge in [-0.15, -0.1) is 0 Å². The molecule has 0 spiro atoms. The Morgan fingerprint density at radius 1 is 1.63 bits per heavy atom. The summed E-state index contributed by atoms with van der Waals surface area (Å²) in [6.07, 6.45) is 2.05. The molecule has 0 saturated heterocycles. The summed E-state index contributed by atoms with van der Waals surface area (Å²) in [5, 5.41) is 24.6. The lowest BCUT2D eigenvalue weighted by Gasteiger charge is -2.29. The van der Waals surface area contributed by atoms with Gasteiger partial charge in [0.05, 0.1) is 23.0 Å². The van der Waals surface area contributed by atoms with Crippen molar-refractivity contribution >= 4 is 39.6 Å². The number of nitrogens with one attached hydrogen (secondary N) is 1. The third kappa shape index (κ3) is 3.38. The second-order valence-corrected chi connectivity index (χ2v) is 7.06. The maximum absolute atomic E-state index is 12.6.